The molecule has 1 aromatic heterocycles. The molecule has 0 amide bonds. The van der Waals surface area contributed by atoms with Crippen molar-refractivity contribution in [3.8, 4) is 6.07 Å². The Balaban J connectivity index is 1.80. The van der Waals surface area contributed by atoms with Crippen LogP contribution in [0.1, 0.15) is 18.6 Å². The van der Waals surface area contributed by atoms with Gasteiger partial charge in [0.2, 0.25) is 0 Å². The number of nitriles is 1. The van der Waals surface area contributed by atoms with Crippen molar-refractivity contribution >= 4 is 11.8 Å². The number of nitrogens with two attached hydrogens (primary N) is 1. The second kappa shape index (κ2) is 4.30. The van der Waals surface area contributed by atoms with Crippen molar-refractivity contribution in [2.24, 2.45) is 11.7 Å². The van der Waals surface area contributed by atoms with E-state index in [1.165, 1.54) is 0 Å². The Kier molecular flexibility index (Phi) is 3.03. The molecule has 1 heterocycles. The molecule has 0 aromatic carbocycles. The van der Waals surface area contributed by atoms with E-state index >= 15 is 0 Å². The van der Waals surface area contributed by atoms with E-state index in [2.05, 4.69) is 6.07 Å². The van der Waals surface area contributed by atoms with E-state index in [1.807, 2.05) is 12.1 Å². The second-order valence-corrected chi connectivity index (χ2v) is 4.98. The Morgan fingerprint density at radius 2 is 2.47 bits per heavy atom. The highest BCUT2D eigenvalue weighted by Crippen LogP contribution is 2.39. The molecule has 3 nitrogen and oxygen atoms in total. The molecule has 2 N–H and O–H groups in total. The monoisotopic (exact) mass is 222 g/mol. The lowest BCUT2D eigenvalue weighted by atomic mass is 10.00. The zero-order valence-corrected chi connectivity index (χ0v) is 9.30. The van der Waals surface area contributed by atoms with Gasteiger partial charge in [-0.3, -0.25) is 0 Å². The number of furan rings is 1. The third kappa shape index (κ3) is 2.55. The van der Waals surface area contributed by atoms with E-state index < -0.39 is 5.54 Å². The van der Waals surface area contributed by atoms with Crippen molar-refractivity contribution in [1.29, 1.82) is 5.26 Å². The fourth-order valence-corrected chi connectivity index (χ4v) is 2.66. The average molecular weight is 222 g/mol. The first-order valence-corrected chi connectivity index (χ1v) is 6.20. The Bertz CT molecular complexity index is 353. The smallest absolute Gasteiger partial charge is 0.116 e. The predicted molar refractivity (Wildman–Crippen MR) is 60.1 cm³/mol. The van der Waals surface area contributed by atoms with E-state index in [0.29, 0.717) is 11.7 Å². The molecule has 2 rings (SSSR count). The topological polar surface area (TPSA) is 63.0 Å². The van der Waals surface area contributed by atoms with Gasteiger partial charge in [-0.2, -0.15) is 17.0 Å². The summed E-state index contributed by atoms with van der Waals surface area (Å²) in [6.45, 7) is 0. The van der Waals surface area contributed by atoms with Gasteiger partial charge in [0.05, 0.1) is 18.1 Å². The van der Waals surface area contributed by atoms with Crippen LogP contribution in [-0.4, -0.2) is 11.3 Å². The van der Waals surface area contributed by atoms with Gasteiger partial charge in [-0.25, -0.2) is 0 Å². The molecule has 4 heteroatoms. The number of nitrogens with zero attached hydrogens (tertiary/aromatic N) is 1. The van der Waals surface area contributed by atoms with Crippen molar-refractivity contribution in [2.75, 3.05) is 5.75 Å². The van der Waals surface area contributed by atoms with Crippen LogP contribution in [0.4, 0.5) is 0 Å². The minimum atomic E-state index is -0.628. The average Bonchev–Trinajstić information content (AvgIpc) is 2.98. The molecule has 1 aliphatic carbocycles. The summed E-state index contributed by atoms with van der Waals surface area (Å²) >= 11 is 1.67. The summed E-state index contributed by atoms with van der Waals surface area (Å²) in [6, 6.07) is 6.06. The van der Waals surface area contributed by atoms with Crippen molar-refractivity contribution in [2.45, 2.75) is 24.1 Å². The number of hydrogen-bond acceptors (Lipinski definition) is 4. The van der Waals surface area contributed by atoms with E-state index in [9.17, 15) is 0 Å². The lowest BCUT2D eigenvalue weighted by Crippen LogP contribution is -2.43. The highest BCUT2D eigenvalue weighted by Gasteiger charge is 2.42. The molecule has 0 bridgehead atoms. The van der Waals surface area contributed by atoms with Gasteiger partial charge in [-0.15, -0.1) is 0 Å². The minimum absolute atomic E-state index is 0.409. The molecule has 0 saturated heterocycles. The third-order valence-corrected chi connectivity index (χ3v) is 3.85. The fourth-order valence-electron chi connectivity index (χ4n) is 1.56. The molecule has 15 heavy (non-hydrogen) atoms. The SMILES string of the molecule is N#CC(N)(CSCc1ccco1)C1CC1. The summed E-state index contributed by atoms with van der Waals surface area (Å²) in [7, 11) is 0. The van der Waals surface area contributed by atoms with Crippen molar-refractivity contribution < 1.29 is 4.42 Å². The van der Waals surface area contributed by atoms with Crippen LogP contribution in [0.25, 0.3) is 0 Å². The molecule has 0 aliphatic heterocycles. The van der Waals surface area contributed by atoms with Gasteiger partial charge in [0.25, 0.3) is 0 Å². The van der Waals surface area contributed by atoms with Gasteiger partial charge in [0.15, 0.2) is 0 Å². The molecule has 1 fully saturated rings. The molecule has 1 aromatic rings. The quantitative estimate of drug-likeness (QED) is 0.829. The maximum Gasteiger partial charge on any atom is 0.116 e. The molecule has 1 unspecified atom stereocenters. The number of thioether (sulfide) groups is 1. The molecular weight excluding hydrogens is 208 g/mol. The molecule has 80 valence electrons. The van der Waals surface area contributed by atoms with Crippen LogP contribution in [-0.2, 0) is 5.75 Å². The Morgan fingerprint density at radius 1 is 1.67 bits per heavy atom. The standard InChI is InChI=1S/C11H14N2OS/c12-7-11(13,9-3-4-9)8-15-6-10-2-1-5-14-10/h1-2,5,9H,3-4,6,8,13H2. The van der Waals surface area contributed by atoms with Crippen LogP contribution in [0, 0.1) is 17.2 Å². The highest BCUT2D eigenvalue weighted by atomic mass is 32.2. The van der Waals surface area contributed by atoms with E-state index in [-0.39, 0.29) is 0 Å². The van der Waals surface area contributed by atoms with E-state index in [1.54, 1.807) is 18.0 Å². The Labute approximate surface area is 93.6 Å². The maximum atomic E-state index is 9.04. The van der Waals surface area contributed by atoms with E-state index in [4.69, 9.17) is 15.4 Å². The van der Waals surface area contributed by atoms with Crippen molar-refractivity contribution in [1.82, 2.24) is 0 Å². The van der Waals surface area contributed by atoms with Gasteiger partial charge in [0, 0.05) is 5.75 Å². The van der Waals surface area contributed by atoms with Crippen LogP contribution in [0.5, 0.6) is 0 Å². The predicted octanol–water partition coefficient (Wildman–Crippen LogP) is 2.14. The Hall–Kier alpha value is -0.920. The Morgan fingerprint density at radius 3 is 3.00 bits per heavy atom. The molecule has 0 spiro atoms. The van der Waals surface area contributed by atoms with Crippen LogP contribution < -0.4 is 5.73 Å². The van der Waals surface area contributed by atoms with Crippen molar-refractivity contribution in [3.63, 3.8) is 0 Å². The molecular formula is C11H14N2OS. The third-order valence-electron chi connectivity index (χ3n) is 2.68. The van der Waals surface area contributed by atoms with E-state index in [0.717, 1.165) is 24.4 Å². The van der Waals surface area contributed by atoms with Crippen LogP contribution in [0.3, 0.4) is 0 Å². The lowest BCUT2D eigenvalue weighted by molar-refractivity contribution is 0.524. The zero-order chi connectivity index (χ0) is 10.7. The number of hydrogen-bond donors (Lipinski definition) is 1. The summed E-state index contributed by atoms with van der Waals surface area (Å²) in [4.78, 5) is 0. The summed E-state index contributed by atoms with van der Waals surface area (Å²) < 4.78 is 5.21. The lowest BCUT2D eigenvalue weighted by Gasteiger charge is -2.19. The van der Waals surface area contributed by atoms with Crippen molar-refractivity contribution in [3.05, 3.63) is 24.2 Å². The molecule has 1 atom stereocenters. The fraction of sp³-hybridized carbons (Fsp3) is 0.545. The maximum absolute atomic E-state index is 9.04. The summed E-state index contributed by atoms with van der Waals surface area (Å²) in [5, 5.41) is 9.04. The summed E-state index contributed by atoms with van der Waals surface area (Å²) in [5.74, 6) is 2.83. The van der Waals surface area contributed by atoms with Gasteiger partial charge in [0.1, 0.15) is 11.3 Å². The zero-order valence-electron chi connectivity index (χ0n) is 8.48. The largest absolute Gasteiger partial charge is 0.468 e. The van der Waals surface area contributed by atoms with Crippen LogP contribution in [0.15, 0.2) is 22.8 Å². The van der Waals surface area contributed by atoms with Gasteiger partial charge in [-0.05, 0) is 30.9 Å². The second-order valence-electron chi connectivity index (χ2n) is 4.00. The van der Waals surface area contributed by atoms with Gasteiger partial charge < -0.3 is 10.2 Å². The van der Waals surface area contributed by atoms with Crippen LogP contribution >= 0.6 is 11.8 Å². The summed E-state index contributed by atoms with van der Waals surface area (Å²) in [6.07, 6.45) is 3.87. The van der Waals surface area contributed by atoms with Crippen LogP contribution in [0.2, 0.25) is 0 Å². The minimum Gasteiger partial charge on any atom is -0.468 e. The first kappa shape index (κ1) is 10.6. The summed E-state index contributed by atoms with van der Waals surface area (Å²) in [5.41, 5.74) is 5.40. The molecule has 0 radical (unpaired) electrons. The normalized spacial score (nSPS) is 19.5. The first-order chi connectivity index (χ1) is 7.24. The molecule has 1 saturated carbocycles. The first-order valence-electron chi connectivity index (χ1n) is 5.05. The molecule has 1 aliphatic rings. The van der Waals surface area contributed by atoms with Gasteiger partial charge in [-0.1, -0.05) is 0 Å². The number of rotatable bonds is 5. The van der Waals surface area contributed by atoms with Gasteiger partial charge >= 0.3 is 0 Å². The highest BCUT2D eigenvalue weighted by molar-refractivity contribution is 7.98.